The minimum atomic E-state index is -1.33. The van der Waals surface area contributed by atoms with Gasteiger partial charge < -0.3 is 29.2 Å². The molecule has 2 rings (SSSR count). The van der Waals surface area contributed by atoms with Gasteiger partial charge in [-0.25, -0.2) is 0 Å². The van der Waals surface area contributed by atoms with E-state index in [9.17, 15) is 14.7 Å². The van der Waals surface area contributed by atoms with Crippen LogP contribution in [0.4, 0.5) is 0 Å². The van der Waals surface area contributed by atoms with Crippen LogP contribution in [-0.4, -0.2) is 57.2 Å². The summed E-state index contributed by atoms with van der Waals surface area (Å²) in [6.07, 6.45) is -0.541. The van der Waals surface area contributed by atoms with Crippen molar-refractivity contribution in [3.05, 3.63) is 23.8 Å². The molecule has 0 bridgehead atoms. The predicted octanol–water partition coefficient (Wildman–Crippen LogP) is -1.37. The second-order valence-corrected chi connectivity index (χ2v) is 5.92. The third kappa shape index (κ3) is 4.17. The first-order chi connectivity index (χ1) is 11.5. The molecule has 1 atom stereocenters. The Hall–Kier alpha value is -2.28. The molecular formula is C17H24N2O5. The average molecular weight is 336 g/mol. The number of ether oxygens (including phenoxy) is 2. The van der Waals surface area contributed by atoms with E-state index in [1.807, 2.05) is 18.2 Å². The first-order valence-electron chi connectivity index (χ1n) is 8.00. The van der Waals surface area contributed by atoms with Gasteiger partial charge in [0.15, 0.2) is 11.5 Å². The van der Waals surface area contributed by atoms with E-state index in [-0.39, 0.29) is 11.9 Å². The van der Waals surface area contributed by atoms with Gasteiger partial charge in [-0.05, 0) is 25.1 Å². The molecule has 1 N–H and O–H groups in total. The van der Waals surface area contributed by atoms with Crippen LogP contribution >= 0.6 is 0 Å². The summed E-state index contributed by atoms with van der Waals surface area (Å²) in [6, 6.07) is 6.13. The number of quaternary nitrogens is 1. The van der Waals surface area contributed by atoms with Gasteiger partial charge in [-0.2, -0.15) is 0 Å². The number of nitrogens with one attached hydrogen (secondary N) is 1. The topological polar surface area (TPSA) is 83.3 Å². The Bertz CT molecular complexity index is 597. The number of rotatable bonds is 6. The molecule has 1 heterocycles. The first-order valence-corrected chi connectivity index (χ1v) is 8.00. The van der Waals surface area contributed by atoms with Gasteiger partial charge >= 0.3 is 0 Å². The molecule has 7 nitrogen and oxygen atoms in total. The maximum atomic E-state index is 11.8. The first kappa shape index (κ1) is 18.1. The zero-order valence-electron chi connectivity index (χ0n) is 14.3. The fourth-order valence-corrected chi connectivity index (χ4v) is 3.07. The van der Waals surface area contributed by atoms with Crippen LogP contribution in [-0.2, 0) is 9.59 Å². The molecule has 0 aromatic heterocycles. The number of hydrogen-bond acceptors (Lipinski definition) is 5. The molecule has 1 aliphatic heterocycles. The van der Waals surface area contributed by atoms with Crippen molar-refractivity contribution in [2.24, 2.45) is 0 Å². The van der Waals surface area contributed by atoms with E-state index in [2.05, 4.69) is 6.92 Å². The SMILES string of the molecule is COc1ccc([C@H](C)[NH+]2CCN(C(=O)CC(=O)[O-])CC2)cc1OC. The van der Waals surface area contributed by atoms with Crippen molar-refractivity contribution >= 4 is 11.9 Å². The molecule has 0 aliphatic carbocycles. The van der Waals surface area contributed by atoms with Gasteiger partial charge in [-0.15, -0.1) is 0 Å². The number of carboxylic acid groups (broad SMARTS) is 1. The zero-order chi connectivity index (χ0) is 17.7. The van der Waals surface area contributed by atoms with E-state index in [1.54, 1.807) is 19.1 Å². The summed E-state index contributed by atoms with van der Waals surface area (Å²) in [7, 11) is 3.22. The summed E-state index contributed by atoms with van der Waals surface area (Å²) in [6.45, 7) is 4.79. The fourth-order valence-electron chi connectivity index (χ4n) is 3.07. The van der Waals surface area contributed by atoms with Crippen molar-refractivity contribution in [1.82, 2.24) is 4.90 Å². The number of hydrogen-bond donors (Lipinski definition) is 1. The lowest BCUT2D eigenvalue weighted by Gasteiger charge is -2.35. The molecule has 24 heavy (non-hydrogen) atoms. The van der Waals surface area contributed by atoms with Gasteiger partial charge in [0, 0.05) is 5.56 Å². The molecule has 1 amide bonds. The van der Waals surface area contributed by atoms with E-state index < -0.39 is 12.4 Å². The van der Waals surface area contributed by atoms with Crippen molar-refractivity contribution in [2.45, 2.75) is 19.4 Å². The molecule has 1 saturated heterocycles. The highest BCUT2D eigenvalue weighted by molar-refractivity contribution is 5.92. The second kappa shape index (κ2) is 8.01. The molecule has 0 unspecified atom stereocenters. The number of carbonyl (C=O) groups excluding carboxylic acids is 2. The van der Waals surface area contributed by atoms with Crippen LogP contribution in [0.5, 0.6) is 11.5 Å². The third-order valence-electron chi connectivity index (χ3n) is 4.57. The number of carbonyl (C=O) groups is 2. The lowest BCUT2D eigenvalue weighted by atomic mass is 10.1. The fraction of sp³-hybridized carbons (Fsp3) is 0.529. The van der Waals surface area contributed by atoms with E-state index in [0.717, 1.165) is 18.7 Å². The number of piperazine rings is 1. The molecular weight excluding hydrogens is 312 g/mol. The Balaban J connectivity index is 1.99. The van der Waals surface area contributed by atoms with Crippen molar-refractivity contribution < 1.29 is 29.1 Å². The Morgan fingerprint density at radius 1 is 1.21 bits per heavy atom. The molecule has 0 radical (unpaired) electrons. The minimum absolute atomic E-state index is 0.239. The molecule has 7 heteroatoms. The highest BCUT2D eigenvalue weighted by Gasteiger charge is 2.28. The second-order valence-electron chi connectivity index (χ2n) is 5.92. The quantitative estimate of drug-likeness (QED) is 0.648. The Morgan fingerprint density at radius 2 is 1.83 bits per heavy atom. The largest absolute Gasteiger partial charge is 0.550 e. The molecule has 0 saturated carbocycles. The van der Waals surface area contributed by atoms with E-state index in [0.29, 0.717) is 24.6 Å². The predicted molar refractivity (Wildman–Crippen MR) is 84.9 cm³/mol. The minimum Gasteiger partial charge on any atom is -0.550 e. The number of nitrogens with zero attached hydrogens (tertiary/aromatic N) is 1. The van der Waals surface area contributed by atoms with Crippen LogP contribution in [0.2, 0.25) is 0 Å². The number of methoxy groups -OCH3 is 2. The molecule has 1 aromatic carbocycles. The number of benzene rings is 1. The Kier molecular flexibility index (Phi) is 6.03. The van der Waals surface area contributed by atoms with Crippen molar-refractivity contribution in [1.29, 1.82) is 0 Å². The van der Waals surface area contributed by atoms with Gasteiger partial charge in [0.2, 0.25) is 5.91 Å². The molecule has 132 valence electrons. The maximum Gasteiger partial charge on any atom is 0.228 e. The number of amides is 1. The lowest BCUT2D eigenvalue weighted by molar-refractivity contribution is -0.933. The molecule has 1 aromatic rings. The van der Waals surface area contributed by atoms with Crippen LogP contribution in [0.25, 0.3) is 0 Å². The summed E-state index contributed by atoms with van der Waals surface area (Å²) in [5.74, 6) is -0.300. The summed E-state index contributed by atoms with van der Waals surface area (Å²) in [5.41, 5.74) is 1.14. The molecule has 1 fully saturated rings. The van der Waals surface area contributed by atoms with Crippen molar-refractivity contribution in [3.8, 4) is 11.5 Å². The van der Waals surface area contributed by atoms with Crippen LogP contribution in [0.15, 0.2) is 18.2 Å². The van der Waals surface area contributed by atoms with Gasteiger partial charge in [0.05, 0.1) is 52.8 Å². The summed E-state index contributed by atoms with van der Waals surface area (Å²) in [5, 5.41) is 10.5. The van der Waals surface area contributed by atoms with Crippen molar-refractivity contribution in [3.63, 3.8) is 0 Å². The highest BCUT2D eigenvalue weighted by Crippen LogP contribution is 2.29. The van der Waals surface area contributed by atoms with Gasteiger partial charge in [0.1, 0.15) is 6.04 Å². The van der Waals surface area contributed by atoms with E-state index in [1.165, 1.54) is 4.90 Å². The normalized spacial score (nSPS) is 16.5. The van der Waals surface area contributed by atoms with E-state index >= 15 is 0 Å². The van der Waals surface area contributed by atoms with Gasteiger partial charge in [0.25, 0.3) is 0 Å². The van der Waals surface area contributed by atoms with Gasteiger partial charge in [-0.1, -0.05) is 0 Å². The third-order valence-corrected chi connectivity index (χ3v) is 4.57. The molecule has 1 aliphatic rings. The zero-order valence-corrected chi connectivity index (χ0v) is 14.3. The van der Waals surface area contributed by atoms with Crippen LogP contribution in [0.1, 0.15) is 24.9 Å². The number of carboxylic acids is 1. The maximum absolute atomic E-state index is 11.8. The van der Waals surface area contributed by atoms with Crippen molar-refractivity contribution in [2.75, 3.05) is 40.4 Å². The monoisotopic (exact) mass is 336 g/mol. The summed E-state index contributed by atoms with van der Waals surface area (Å²) in [4.78, 5) is 25.3. The van der Waals surface area contributed by atoms with E-state index in [4.69, 9.17) is 9.47 Å². The summed E-state index contributed by atoms with van der Waals surface area (Å²) < 4.78 is 10.6. The van der Waals surface area contributed by atoms with Crippen LogP contribution < -0.4 is 19.5 Å². The number of aliphatic carboxylic acids is 1. The standard InChI is InChI=1S/C17H24N2O5/c1-12(13-4-5-14(23-2)15(10-13)24-3)18-6-8-19(9-7-18)16(20)11-17(21)22/h4-5,10,12H,6-9,11H2,1-3H3,(H,21,22)/t12-/m0/s1. The lowest BCUT2D eigenvalue weighted by Crippen LogP contribution is -3.14. The summed E-state index contributed by atoms with van der Waals surface area (Å²) >= 11 is 0. The molecule has 0 spiro atoms. The highest BCUT2D eigenvalue weighted by atomic mass is 16.5. The van der Waals surface area contributed by atoms with Gasteiger partial charge in [-0.3, -0.25) is 4.79 Å². The van der Waals surface area contributed by atoms with Crippen LogP contribution in [0.3, 0.4) is 0 Å². The Labute approximate surface area is 141 Å². The average Bonchev–Trinajstić information content (AvgIpc) is 2.60. The smallest absolute Gasteiger partial charge is 0.228 e. The Morgan fingerprint density at radius 3 is 2.38 bits per heavy atom. The van der Waals surface area contributed by atoms with Crippen LogP contribution in [0, 0.1) is 0 Å².